The Morgan fingerprint density at radius 3 is 2.24 bits per heavy atom. The first-order valence-corrected chi connectivity index (χ1v) is 15.9. The zero-order valence-electron chi connectivity index (χ0n) is 27.3. The Morgan fingerprint density at radius 1 is 0.957 bits per heavy atom. The molecule has 1 atom stereocenters. The topological polar surface area (TPSA) is 154 Å². The van der Waals surface area contributed by atoms with E-state index in [2.05, 4.69) is 10.3 Å². The largest absolute Gasteiger partial charge is 0.475 e. The Morgan fingerprint density at radius 2 is 1.63 bits per heavy atom. The number of carbonyl (C=O) groups excluding carboxylic acids is 5. The summed E-state index contributed by atoms with van der Waals surface area (Å²) >= 11 is 0. The summed E-state index contributed by atoms with van der Waals surface area (Å²) in [6, 6.07) is 5.93. The summed E-state index contributed by atoms with van der Waals surface area (Å²) < 4.78 is 22.0. The third kappa shape index (κ3) is 8.24. The first-order chi connectivity index (χ1) is 22.0. The van der Waals surface area contributed by atoms with Crippen LogP contribution >= 0.6 is 0 Å². The molecule has 0 radical (unpaired) electrons. The molecule has 1 saturated heterocycles. The molecule has 46 heavy (non-hydrogen) atoms. The molecule has 1 aromatic carbocycles. The van der Waals surface area contributed by atoms with Gasteiger partial charge in [-0.25, -0.2) is 14.6 Å². The van der Waals surface area contributed by atoms with Gasteiger partial charge in [-0.3, -0.25) is 14.4 Å². The minimum atomic E-state index is -1.15. The van der Waals surface area contributed by atoms with Crippen LogP contribution in [-0.2, 0) is 28.6 Å². The highest BCUT2D eigenvalue weighted by Gasteiger charge is 2.48. The van der Waals surface area contributed by atoms with E-state index >= 15 is 0 Å². The molecule has 2 heterocycles. The molecule has 250 valence electrons. The highest BCUT2D eigenvalue weighted by Crippen LogP contribution is 2.40. The number of benzene rings is 1. The molecule has 1 saturated carbocycles. The van der Waals surface area contributed by atoms with E-state index < -0.39 is 41.5 Å². The van der Waals surface area contributed by atoms with E-state index in [1.54, 1.807) is 32.6 Å². The summed E-state index contributed by atoms with van der Waals surface area (Å²) in [5, 5.41) is 3.41. The van der Waals surface area contributed by atoms with Crippen molar-refractivity contribution in [2.45, 2.75) is 84.5 Å². The number of hydrogen-bond donors (Lipinski definition) is 1. The fourth-order valence-electron chi connectivity index (χ4n) is 5.44. The number of ether oxygens (including phenoxy) is 4. The lowest BCUT2D eigenvalue weighted by Crippen LogP contribution is -2.56. The van der Waals surface area contributed by atoms with E-state index in [0.717, 1.165) is 12.0 Å². The van der Waals surface area contributed by atoms with Crippen LogP contribution in [0.3, 0.4) is 0 Å². The van der Waals surface area contributed by atoms with Gasteiger partial charge in [-0.1, -0.05) is 6.07 Å². The number of carbonyl (C=O) groups is 5. The number of hydrogen-bond acceptors (Lipinski definition) is 10. The van der Waals surface area contributed by atoms with E-state index in [0.29, 0.717) is 29.5 Å². The van der Waals surface area contributed by atoms with E-state index in [4.69, 9.17) is 18.9 Å². The molecule has 13 nitrogen and oxygen atoms in total. The van der Waals surface area contributed by atoms with Crippen LogP contribution < -0.4 is 10.1 Å². The molecule has 2 aromatic rings. The molecule has 0 bridgehead atoms. The first kappa shape index (κ1) is 34.5. The van der Waals surface area contributed by atoms with E-state index in [-0.39, 0.29) is 64.0 Å². The fourth-order valence-corrected chi connectivity index (χ4v) is 5.44. The van der Waals surface area contributed by atoms with Crippen molar-refractivity contribution < 1.29 is 42.9 Å². The number of aryl methyl sites for hydroxylation is 1. The summed E-state index contributed by atoms with van der Waals surface area (Å²) in [4.78, 5) is 72.6. The molecule has 1 aromatic heterocycles. The normalized spacial score (nSPS) is 16.3. The zero-order valence-corrected chi connectivity index (χ0v) is 27.3. The maximum absolute atomic E-state index is 13.8. The minimum absolute atomic E-state index is 0.00374. The number of nitrogens with one attached hydrogen (secondary N) is 1. The van der Waals surface area contributed by atoms with Gasteiger partial charge in [0, 0.05) is 44.1 Å². The lowest BCUT2D eigenvalue weighted by atomic mass is 9.80. The lowest BCUT2D eigenvalue weighted by molar-refractivity contribution is -0.169. The fraction of sp³-hybridized carbons (Fsp3) is 0.576. The van der Waals surface area contributed by atoms with Crippen LogP contribution in [0.15, 0.2) is 24.3 Å². The van der Waals surface area contributed by atoms with Crippen molar-refractivity contribution in [3.63, 3.8) is 0 Å². The van der Waals surface area contributed by atoms with Gasteiger partial charge in [0.05, 0.1) is 24.8 Å². The second kappa shape index (κ2) is 15.2. The third-order valence-corrected chi connectivity index (χ3v) is 8.00. The van der Waals surface area contributed by atoms with Crippen molar-refractivity contribution in [1.82, 2.24) is 20.1 Å². The van der Waals surface area contributed by atoms with Crippen LogP contribution in [0.1, 0.15) is 75.9 Å². The molecule has 4 rings (SSSR count). The van der Waals surface area contributed by atoms with E-state index in [1.807, 2.05) is 25.1 Å². The number of nitrogens with zero attached hydrogens (tertiary/aromatic N) is 3. The van der Waals surface area contributed by atoms with Gasteiger partial charge in [0.1, 0.15) is 17.5 Å². The Hall–Kier alpha value is -4.42. The van der Waals surface area contributed by atoms with Gasteiger partial charge >= 0.3 is 18.0 Å². The molecule has 1 aliphatic heterocycles. The van der Waals surface area contributed by atoms with E-state index in [1.165, 1.54) is 11.0 Å². The maximum atomic E-state index is 13.8. The van der Waals surface area contributed by atoms with Crippen molar-refractivity contribution in [2.75, 3.05) is 39.4 Å². The maximum Gasteiger partial charge on any atom is 0.409 e. The average Bonchev–Trinajstić information content (AvgIpc) is 3.00. The SMILES string of the molecule is CCOC(=O)N1CCN(C(=O)C(CCC(=O)OC(C)C)NC(=O)c2cc(OC3(C(=O)OCC)CCC3)c3ccc(C)cc3n2)CC1. The third-order valence-electron chi connectivity index (χ3n) is 8.00. The monoisotopic (exact) mass is 640 g/mol. The van der Waals surface area contributed by atoms with Gasteiger partial charge in [0.25, 0.3) is 5.91 Å². The smallest absolute Gasteiger partial charge is 0.409 e. The second-order valence-electron chi connectivity index (χ2n) is 11.8. The molecule has 2 aliphatic rings. The number of amides is 3. The Bertz CT molecular complexity index is 1450. The number of piperazine rings is 1. The van der Waals surface area contributed by atoms with Gasteiger partial charge in [-0.05, 0) is 78.0 Å². The molecule has 1 N–H and O–H groups in total. The van der Waals surface area contributed by atoms with Crippen LogP contribution in [0.25, 0.3) is 10.9 Å². The second-order valence-corrected chi connectivity index (χ2v) is 11.8. The average molecular weight is 641 g/mol. The summed E-state index contributed by atoms with van der Waals surface area (Å²) in [6.07, 6.45) is 0.882. The Labute approximate surface area is 268 Å². The van der Waals surface area contributed by atoms with Crippen molar-refractivity contribution >= 4 is 40.7 Å². The molecular formula is C33H44N4O9. The minimum Gasteiger partial charge on any atom is -0.475 e. The molecule has 2 fully saturated rings. The summed E-state index contributed by atoms with van der Waals surface area (Å²) in [7, 11) is 0. The summed E-state index contributed by atoms with van der Waals surface area (Å²) in [5.74, 6) is -1.67. The number of fused-ring (bicyclic) bond motifs is 1. The lowest BCUT2D eigenvalue weighted by Gasteiger charge is -2.39. The van der Waals surface area contributed by atoms with Gasteiger partial charge in [0.2, 0.25) is 11.5 Å². The molecule has 0 spiro atoms. The highest BCUT2D eigenvalue weighted by molar-refractivity contribution is 5.99. The van der Waals surface area contributed by atoms with Gasteiger partial charge < -0.3 is 34.1 Å². The molecular weight excluding hydrogens is 596 g/mol. The Balaban J connectivity index is 1.59. The van der Waals surface area contributed by atoms with Crippen LogP contribution in [0.5, 0.6) is 5.75 Å². The zero-order chi connectivity index (χ0) is 33.4. The number of rotatable bonds is 12. The number of pyridine rings is 1. The molecule has 3 amide bonds. The molecule has 13 heteroatoms. The van der Waals surface area contributed by atoms with Crippen LogP contribution in [0.4, 0.5) is 4.79 Å². The predicted octanol–water partition coefficient (Wildman–Crippen LogP) is 3.54. The number of esters is 2. The molecule has 1 unspecified atom stereocenters. The predicted molar refractivity (Wildman–Crippen MR) is 167 cm³/mol. The van der Waals surface area contributed by atoms with E-state index in [9.17, 15) is 24.0 Å². The van der Waals surface area contributed by atoms with Crippen LogP contribution in [0, 0.1) is 6.92 Å². The van der Waals surface area contributed by atoms with Crippen LogP contribution in [0.2, 0.25) is 0 Å². The van der Waals surface area contributed by atoms with Gasteiger partial charge in [0.15, 0.2) is 0 Å². The number of aromatic nitrogens is 1. The standard InChI is InChI=1S/C33H44N4O9/c1-6-43-31(41)33(13-8-14-33)46-27-20-26(34-25-19-22(5)9-10-23(25)27)29(39)35-24(11-12-28(38)45-21(3)4)30(40)36-15-17-37(18-16-36)32(42)44-7-2/h9-10,19-21,24H,6-8,11-18H2,1-5H3,(H,35,39). The first-order valence-electron chi connectivity index (χ1n) is 15.9. The van der Waals surface area contributed by atoms with Crippen molar-refractivity contribution in [2.24, 2.45) is 0 Å². The van der Waals surface area contributed by atoms with Gasteiger partial charge in [-0.2, -0.15) is 0 Å². The van der Waals surface area contributed by atoms with Crippen molar-refractivity contribution in [3.8, 4) is 5.75 Å². The van der Waals surface area contributed by atoms with Crippen LogP contribution in [-0.4, -0.2) is 102 Å². The van der Waals surface area contributed by atoms with Crippen molar-refractivity contribution in [3.05, 3.63) is 35.5 Å². The highest BCUT2D eigenvalue weighted by atomic mass is 16.6. The van der Waals surface area contributed by atoms with Gasteiger partial charge in [-0.15, -0.1) is 0 Å². The van der Waals surface area contributed by atoms with Crippen molar-refractivity contribution in [1.29, 1.82) is 0 Å². The summed E-state index contributed by atoms with van der Waals surface area (Å²) in [5.41, 5.74) is 0.232. The molecule has 1 aliphatic carbocycles. The Kier molecular flexibility index (Phi) is 11.4. The quantitative estimate of drug-likeness (QED) is 0.269. The summed E-state index contributed by atoms with van der Waals surface area (Å²) in [6.45, 7) is 10.3.